The summed E-state index contributed by atoms with van der Waals surface area (Å²) in [5.41, 5.74) is 0.891. The Morgan fingerprint density at radius 2 is 2.00 bits per heavy atom. The summed E-state index contributed by atoms with van der Waals surface area (Å²) in [7, 11) is 3.92. The van der Waals surface area contributed by atoms with Gasteiger partial charge in [-0.1, -0.05) is 0 Å². The molecule has 5 heteroatoms. The minimum absolute atomic E-state index is 0.258. The number of anilines is 1. The molecule has 0 heterocycles. The normalized spacial score (nSPS) is 22.4. The Morgan fingerprint density at radius 3 is 2.55 bits per heavy atom. The van der Waals surface area contributed by atoms with E-state index in [4.69, 9.17) is 5.26 Å². The second-order valence-corrected chi connectivity index (χ2v) is 6.07. The fourth-order valence-corrected chi connectivity index (χ4v) is 3.27. The fourth-order valence-electron chi connectivity index (χ4n) is 2.85. The van der Waals surface area contributed by atoms with Gasteiger partial charge in [0.15, 0.2) is 5.82 Å². The minimum Gasteiger partial charge on any atom is -0.369 e. The number of nitrogens with one attached hydrogen (secondary N) is 1. The molecule has 0 unspecified atom stereocenters. The maximum absolute atomic E-state index is 14.3. The Balaban J connectivity index is 2.16. The van der Waals surface area contributed by atoms with Gasteiger partial charge < -0.3 is 10.2 Å². The molecular weight excluding hydrogens is 321 g/mol. The molecule has 2 rings (SSSR count). The first-order valence-electron chi connectivity index (χ1n) is 6.86. The first-order chi connectivity index (χ1) is 9.58. The molecule has 0 atom stereocenters. The van der Waals surface area contributed by atoms with E-state index in [2.05, 4.69) is 21.2 Å². The molecule has 3 nitrogen and oxygen atoms in total. The van der Waals surface area contributed by atoms with Crippen LogP contribution >= 0.6 is 15.9 Å². The summed E-state index contributed by atoms with van der Waals surface area (Å²) in [6, 6.07) is 6.28. The lowest BCUT2D eigenvalue weighted by Gasteiger charge is -2.36. The highest BCUT2D eigenvalue weighted by Crippen LogP contribution is 2.32. The maximum Gasteiger partial charge on any atom is 0.161 e. The lowest BCUT2D eigenvalue weighted by molar-refractivity contribution is 0.350. The van der Waals surface area contributed by atoms with Crippen molar-refractivity contribution < 1.29 is 4.39 Å². The molecule has 1 aromatic carbocycles. The highest BCUT2D eigenvalue weighted by molar-refractivity contribution is 9.10. The molecule has 0 aliphatic heterocycles. The number of hydrogen-bond acceptors (Lipinski definition) is 3. The maximum atomic E-state index is 14.3. The smallest absolute Gasteiger partial charge is 0.161 e. The average Bonchev–Trinajstić information content (AvgIpc) is 2.49. The van der Waals surface area contributed by atoms with Crippen molar-refractivity contribution in [2.45, 2.75) is 37.8 Å². The van der Waals surface area contributed by atoms with Gasteiger partial charge >= 0.3 is 0 Å². The molecule has 0 bridgehead atoms. The van der Waals surface area contributed by atoms with Crippen molar-refractivity contribution in [1.82, 2.24) is 5.32 Å². The van der Waals surface area contributed by atoms with Crippen molar-refractivity contribution in [2.24, 2.45) is 0 Å². The van der Waals surface area contributed by atoms with Crippen molar-refractivity contribution >= 4 is 21.6 Å². The summed E-state index contributed by atoms with van der Waals surface area (Å²) in [5.74, 6) is -0.345. The Labute approximate surface area is 127 Å². The van der Waals surface area contributed by atoms with E-state index in [1.165, 1.54) is 0 Å². The van der Waals surface area contributed by atoms with Crippen LogP contribution in [0.15, 0.2) is 16.6 Å². The van der Waals surface area contributed by atoms with E-state index in [0.29, 0.717) is 23.3 Å². The van der Waals surface area contributed by atoms with Gasteiger partial charge in [-0.2, -0.15) is 5.26 Å². The first kappa shape index (κ1) is 15.3. The minimum atomic E-state index is -0.345. The highest BCUT2D eigenvalue weighted by atomic mass is 79.9. The Kier molecular flexibility index (Phi) is 5.00. The van der Waals surface area contributed by atoms with Crippen molar-refractivity contribution in [3.8, 4) is 6.07 Å². The van der Waals surface area contributed by atoms with Crippen LogP contribution in [-0.4, -0.2) is 26.2 Å². The zero-order chi connectivity index (χ0) is 14.7. The van der Waals surface area contributed by atoms with Crippen molar-refractivity contribution in [3.05, 3.63) is 28.0 Å². The number of halogens is 2. The standard InChI is InChI=1S/C15H19BrFN3/c1-19-11-4-6-12(7-5-11)20(2)13-8-3-10(9-18)14(16)15(13)17/h3,8,11-12,19H,4-7H2,1-2H3. The van der Waals surface area contributed by atoms with Gasteiger partial charge in [0.2, 0.25) is 0 Å². The van der Waals surface area contributed by atoms with Crippen LogP contribution in [0.1, 0.15) is 31.2 Å². The second kappa shape index (κ2) is 6.55. The van der Waals surface area contributed by atoms with Gasteiger partial charge in [-0.05, 0) is 60.8 Å². The zero-order valence-electron chi connectivity index (χ0n) is 11.8. The molecular formula is C15H19BrFN3. The zero-order valence-corrected chi connectivity index (χ0v) is 13.4. The molecule has 1 N–H and O–H groups in total. The van der Waals surface area contributed by atoms with Crippen LogP contribution in [0.3, 0.4) is 0 Å². The molecule has 1 aliphatic rings. The van der Waals surface area contributed by atoms with E-state index in [1.807, 2.05) is 25.1 Å². The van der Waals surface area contributed by atoms with Gasteiger partial charge in [0.1, 0.15) is 6.07 Å². The van der Waals surface area contributed by atoms with E-state index in [9.17, 15) is 4.39 Å². The van der Waals surface area contributed by atoms with Crippen molar-refractivity contribution in [2.75, 3.05) is 19.0 Å². The van der Waals surface area contributed by atoms with Gasteiger partial charge in [0, 0.05) is 19.1 Å². The monoisotopic (exact) mass is 339 g/mol. The first-order valence-corrected chi connectivity index (χ1v) is 7.66. The molecule has 108 valence electrons. The summed E-state index contributed by atoms with van der Waals surface area (Å²) >= 11 is 3.17. The van der Waals surface area contributed by atoms with Crippen molar-refractivity contribution in [3.63, 3.8) is 0 Å². The van der Waals surface area contributed by atoms with Gasteiger partial charge in [0.25, 0.3) is 0 Å². The predicted molar refractivity (Wildman–Crippen MR) is 82.3 cm³/mol. The number of hydrogen-bond donors (Lipinski definition) is 1. The van der Waals surface area contributed by atoms with E-state index in [-0.39, 0.29) is 10.3 Å². The third kappa shape index (κ3) is 2.97. The molecule has 0 radical (unpaired) electrons. The lowest BCUT2D eigenvalue weighted by Crippen LogP contribution is -2.40. The van der Waals surface area contributed by atoms with E-state index < -0.39 is 0 Å². The molecule has 0 aromatic heterocycles. The topological polar surface area (TPSA) is 39.1 Å². The number of benzene rings is 1. The summed E-state index contributed by atoms with van der Waals surface area (Å²) < 4.78 is 14.6. The molecule has 0 spiro atoms. The van der Waals surface area contributed by atoms with Gasteiger partial charge in [-0.25, -0.2) is 4.39 Å². The van der Waals surface area contributed by atoms with E-state index in [1.54, 1.807) is 12.1 Å². The second-order valence-electron chi connectivity index (χ2n) is 5.28. The number of rotatable bonds is 3. The van der Waals surface area contributed by atoms with Crippen LogP contribution in [0.4, 0.5) is 10.1 Å². The van der Waals surface area contributed by atoms with Crippen LogP contribution in [0.25, 0.3) is 0 Å². The van der Waals surface area contributed by atoms with Crippen LogP contribution in [0, 0.1) is 17.1 Å². The molecule has 1 saturated carbocycles. The fraction of sp³-hybridized carbons (Fsp3) is 0.533. The van der Waals surface area contributed by atoms with Crippen LogP contribution in [-0.2, 0) is 0 Å². The van der Waals surface area contributed by atoms with Crippen LogP contribution in [0.5, 0.6) is 0 Å². The largest absolute Gasteiger partial charge is 0.369 e. The highest BCUT2D eigenvalue weighted by Gasteiger charge is 2.25. The summed E-state index contributed by atoms with van der Waals surface area (Å²) in [6.07, 6.45) is 4.34. The Hall–Kier alpha value is -1.12. The van der Waals surface area contributed by atoms with Gasteiger partial charge in [0.05, 0.1) is 15.7 Å². The summed E-state index contributed by atoms with van der Waals surface area (Å²) in [6.45, 7) is 0. The SMILES string of the molecule is CNC1CCC(N(C)c2ccc(C#N)c(Br)c2F)CC1. The molecule has 0 saturated heterocycles. The quantitative estimate of drug-likeness (QED) is 0.916. The third-order valence-corrected chi connectivity index (χ3v) is 4.99. The molecule has 1 aliphatic carbocycles. The number of nitrogens with zero attached hydrogens (tertiary/aromatic N) is 2. The predicted octanol–water partition coefficient (Wildman–Crippen LogP) is 3.43. The Morgan fingerprint density at radius 1 is 1.35 bits per heavy atom. The van der Waals surface area contributed by atoms with Crippen LogP contribution in [0.2, 0.25) is 0 Å². The van der Waals surface area contributed by atoms with E-state index in [0.717, 1.165) is 25.7 Å². The molecule has 20 heavy (non-hydrogen) atoms. The van der Waals surface area contributed by atoms with Gasteiger partial charge in [-0.3, -0.25) is 0 Å². The van der Waals surface area contributed by atoms with Crippen LogP contribution < -0.4 is 10.2 Å². The van der Waals surface area contributed by atoms with Crippen molar-refractivity contribution in [1.29, 1.82) is 5.26 Å². The molecule has 1 fully saturated rings. The molecule has 1 aromatic rings. The molecule has 0 amide bonds. The number of nitriles is 1. The summed E-state index contributed by atoms with van der Waals surface area (Å²) in [4.78, 5) is 2.01. The van der Waals surface area contributed by atoms with E-state index >= 15 is 0 Å². The summed E-state index contributed by atoms with van der Waals surface area (Å²) in [5, 5.41) is 12.2. The third-order valence-electron chi connectivity index (χ3n) is 4.22. The average molecular weight is 340 g/mol. The Bertz CT molecular complexity index is 519. The van der Waals surface area contributed by atoms with Gasteiger partial charge in [-0.15, -0.1) is 0 Å². The lowest BCUT2D eigenvalue weighted by atomic mass is 9.90.